The lowest BCUT2D eigenvalue weighted by Crippen LogP contribution is -2.71. The third-order valence-corrected chi connectivity index (χ3v) is 8.70. The highest BCUT2D eigenvalue weighted by Gasteiger charge is 2.54. The molecule has 5 rings (SSSR count). The van der Waals surface area contributed by atoms with Gasteiger partial charge in [0.15, 0.2) is 16.7 Å². The maximum absolute atomic E-state index is 13.0. The summed E-state index contributed by atoms with van der Waals surface area (Å²) in [6.07, 6.45) is 2.49. The smallest absolute Gasteiger partial charge is 0.352 e. The number of nitrogens with two attached hydrogens (primary N) is 1. The van der Waals surface area contributed by atoms with Crippen molar-refractivity contribution in [2.45, 2.75) is 11.4 Å². The molecule has 2 atom stereocenters. The van der Waals surface area contributed by atoms with Crippen molar-refractivity contribution in [3.05, 3.63) is 45.8 Å². The predicted molar refractivity (Wildman–Crippen MR) is 143 cm³/mol. The summed E-state index contributed by atoms with van der Waals surface area (Å²) in [5.41, 5.74) is 8.20. The fraction of sp³-hybridized carbons (Fsp3) is 0.250. The normalized spacial score (nSPS) is 22.1. The van der Waals surface area contributed by atoms with Gasteiger partial charge in [0, 0.05) is 23.1 Å². The molecule has 0 aromatic carbocycles. The lowest BCUT2D eigenvalue weighted by Gasteiger charge is -2.49. The van der Waals surface area contributed by atoms with Crippen LogP contribution in [0.2, 0.25) is 0 Å². The molecule has 40 heavy (non-hydrogen) atoms. The lowest BCUT2D eigenvalue weighted by molar-refractivity contribution is -0.150. The molecular formula is C20H19N9O8S3. The van der Waals surface area contributed by atoms with Gasteiger partial charge in [-0.15, -0.1) is 28.6 Å². The van der Waals surface area contributed by atoms with Crippen LogP contribution in [0.15, 0.2) is 50.3 Å². The van der Waals surface area contributed by atoms with Gasteiger partial charge in [0.25, 0.3) is 11.8 Å². The average Bonchev–Trinajstić information content (AvgIpc) is 3.54. The monoisotopic (exact) mass is 609 g/mol. The maximum atomic E-state index is 13.0. The number of thioether (sulfide) groups is 1. The number of aliphatic hydroxyl groups is 1. The number of β-lactam (4-membered cyclic amide) rings is 1. The van der Waals surface area contributed by atoms with E-state index in [0.29, 0.717) is 5.57 Å². The SMILES string of the molecule is CO/N=C(\C(=O)N[C@@H]1C(=O)N2C(C(=O)O)=C(CSN3C=C4N=CC(C(=O)O)=C(O)N4N3)CS[C@H]12)c1csc(N)n1. The van der Waals surface area contributed by atoms with Crippen molar-refractivity contribution >= 4 is 75.9 Å². The van der Waals surface area contributed by atoms with Crippen LogP contribution in [0.5, 0.6) is 0 Å². The van der Waals surface area contributed by atoms with E-state index in [0.717, 1.165) is 39.4 Å². The molecule has 5 heterocycles. The number of aliphatic hydroxyl groups excluding tert-OH is 1. The number of fused-ring (bicyclic) bond motifs is 2. The fourth-order valence-corrected chi connectivity index (χ4v) is 6.82. The van der Waals surface area contributed by atoms with Crippen LogP contribution in [0.4, 0.5) is 5.13 Å². The minimum atomic E-state index is -1.36. The Morgan fingerprint density at radius 3 is 2.77 bits per heavy atom. The number of aliphatic carboxylic acids is 2. The topological polar surface area (TPSA) is 236 Å². The van der Waals surface area contributed by atoms with E-state index in [1.807, 2.05) is 0 Å². The molecule has 0 aliphatic carbocycles. The quantitative estimate of drug-likeness (QED) is 0.0873. The zero-order valence-electron chi connectivity index (χ0n) is 20.2. The van der Waals surface area contributed by atoms with Gasteiger partial charge < -0.3 is 31.2 Å². The van der Waals surface area contributed by atoms with Crippen LogP contribution >= 0.6 is 35.0 Å². The Morgan fingerprint density at radius 2 is 2.12 bits per heavy atom. The summed E-state index contributed by atoms with van der Waals surface area (Å²) in [5, 5.41) is 37.7. The number of hydrogen-bond acceptors (Lipinski definition) is 16. The molecule has 7 N–H and O–H groups in total. The summed E-state index contributed by atoms with van der Waals surface area (Å²) in [6, 6.07) is -1.00. The van der Waals surface area contributed by atoms with E-state index in [2.05, 4.69) is 26.0 Å². The first-order valence-corrected chi connectivity index (χ1v) is 13.9. The molecule has 0 radical (unpaired) electrons. The van der Waals surface area contributed by atoms with Crippen LogP contribution in [0, 0.1) is 0 Å². The molecule has 0 unspecified atom stereocenters. The van der Waals surface area contributed by atoms with Crippen molar-refractivity contribution in [2.75, 3.05) is 24.3 Å². The maximum Gasteiger partial charge on any atom is 0.352 e. The highest BCUT2D eigenvalue weighted by atomic mass is 32.2. The van der Waals surface area contributed by atoms with Gasteiger partial charge in [0.2, 0.25) is 5.88 Å². The number of carbonyl (C=O) groups excluding carboxylic acids is 2. The predicted octanol–water partition coefficient (Wildman–Crippen LogP) is -0.763. The Balaban J connectivity index is 1.26. The van der Waals surface area contributed by atoms with Crippen LogP contribution in [0.3, 0.4) is 0 Å². The van der Waals surface area contributed by atoms with E-state index in [4.69, 9.17) is 15.7 Å². The second kappa shape index (κ2) is 10.7. The zero-order valence-corrected chi connectivity index (χ0v) is 22.6. The number of rotatable bonds is 9. The number of nitrogen functional groups attached to an aromatic ring is 1. The molecule has 17 nitrogen and oxygen atoms in total. The summed E-state index contributed by atoms with van der Waals surface area (Å²) in [7, 11) is 1.25. The second-order valence-corrected chi connectivity index (χ2v) is 11.1. The number of amides is 2. The number of thiazole rings is 1. The molecule has 20 heteroatoms. The standard InChI is InChI=1S/C20H19N9O8S3/c1-37-25-11(9-6-39-20(21)23-9)14(30)24-12-16(32)28-13(19(35)36)7(4-38-17(12)28)5-40-27-3-10-22-2-8(18(33)34)15(31)29(10)26-27/h2-3,6,12,17,26,31H,4-5H2,1H3,(H2,21,23)(H,24,30)(H,33,34)(H,35,36)/b25-11-/t12-,17-/m1/s1. The van der Waals surface area contributed by atoms with E-state index in [-0.39, 0.29) is 39.6 Å². The number of anilines is 1. The number of hydrogen-bond donors (Lipinski definition) is 6. The van der Waals surface area contributed by atoms with Crippen LogP contribution in [0.1, 0.15) is 5.69 Å². The molecule has 0 saturated carbocycles. The van der Waals surface area contributed by atoms with Gasteiger partial charge in [-0.25, -0.2) is 29.0 Å². The largest absolute Gasteiger partial charge is 0.493 e. The van der Waals surface area contributed by atoms with Crippen LogP contribution in [0.25, 0.3) is 0 Å². The molecule has 1 aromatic rings. The summed E-state index contributed by atoms with van der Waals surface area (Å²) in [5.74, 6) is -3.97. The Kier molecular flexibility index (Phi) is 7.31. The van der Waals surface area contributed by atoms with Gasteiger partial charge in [0.1, 0.15) is 35.5 Å². The van der Waals surface area contributed by atoms with Gasteiger partial charge in [-0.1, -0.05) is 5.16 Å². The molecule has 210 valence electrons. The Morgan fingerprint density at radius 1 is 1.35 bits per heavy atom. The number of aromatic nitrogens is 1. The first kappa shape index (κ1) is 27.3. The minimum absolute atomic E-state index is 0.128. The van der Waals surface area contributed by atoms with E-state index in [1.165, 1.54) is 34.9 Å². The number of nitrogens with zero attached hydrogens (tertiary/aromatic N) is 6. The molecule has 2 amide bonds. The van der Waals surface area contributed by atoms with Crippen LogP contribution in [-0.2, 0) is 24.0 Å². The first-order chi connectivity index (χ1) is 19.1. The Labute approximate surface area is 236 Å². The van der Waals surface area contributed by atoms with Gasteiger partial charge in [-0.05, 0) is 17.5 Å². The first-order valence-electron chi connectivity index (χ1n) is 11.0. The number of oxime groups is 1. The number of nitrogens with one attached hydrogen (secondary N) is 2. The van der Waals surface area contributed by atoms with Crippen molar-refractivity contribution in [1.29, 1.82) is 0 Å². The number of carboxylic acids is 2. The highest BCUT2D eigenvalue weighted by molar-refractivity contribution is 8.00. The van der Waals surface area contributed by atoms with Crippen molar-refractivity contribution in [3.8, 4) is 0 Å². The number of carbonyl (C=O) groups is 4. The molecule has 1 aromatic heterocycles. The molecular weight excluding hydrogens is 590 g/mol. The summed E-state index contributed by atoms with van der Waals surface area (Å²) >= 11 is 3.47. The third-order valence-electron chi connectivity index (χ3n) is 5.75. The van der Waals surface area contributed by atoms with E-state index < -0.39 is 46.6 Å². The lowest BCUT2D eigenvalue weighted by atomic mass is 10.0. The van der Waals surface area contributed by atoms with E-state index in [9.17, 15) is 29.4 Å². The highest BCUT2D eigenvalue weighted by Crippen LogP contribution is 2.41. The van der Waals surface area contributed by atoms with Crippen molar-refractivity contribution in [2.24, 2.45) is 10.1 Å². The van der Waals surface area contributed by atoms with Crippen LogP contribution in [-0.4, -0.2) is 100 Å². The average molecular weight is 610 g/mol. The molecule has 0 bridgehead atoms. The summed E-state index contributed by atoms with van der Waals surface area (Å²) in [4.78, 5) is 63.2. The van der Waals surface area contributed by atoms with Crippen LogP contribution < -0.4 is 16.6 Å². The van der Waals surface area contributed by atoms with Gasteiger partial charge in [0.05, 0.1) is 6.20 Å². The number of hydrazine groups is 2. The minimum Gasteiger partial charge on any atom is -0.493 e. The molecule has 4 aliphatic heterocycles. The molecule has 4 aliphatic rings. The Hall–Kier alpha value is -4.27. The Bertz CT molecular complexity index is 1470. The number of aliphatic imine (C=N–C) groups is 1. The summed E-state index contributed by atoms with van der Waals surface area (Å²) in [6.45, 7) is 0. The summed E-state index contributed by atoms with van der Waals surface area (Å²) < 4.78 is 1.42. The molecule has 0 spiro atoms. The van der Waals surface area contributed by atoms with Crippen molar-refractivity contribution in [3.63, 3.8) is 0 Å². The second-order valence-electron chi connectivity index (χ2n) is 8.13. The van der Waals surface area contributed by atoms with Crippen molar-refractivity contribution < 1.29 is 39.3 Å². The van der Waals surface area contributed by atoms with E-state index >= 15 is 0 Å². The van der Waals surface area contributed by atoms with E-state index in [1.54, 1.807) is 0 Å². The number of carboxylic acid groups (broad SMARTS) is 2. The fourth-order valence-electron chi connectivity index (χ4n) is 3.96. The van der Waals surface area contributed by atoms with Gasteiger partial charge >= 0.3 is 11.9 Å². The van der Waals surface area contributed by atoms with Gasteiger partial charge in [-0.2, -0.15) is 0 Å². The van der Waals surface area contributed by atoms with Crippen molar-refractivity contribution in [1.82, 2.24) is 30.2 Å². The molecule has 1 saturated heterocycles. The molecule has 1 fully saturated rings. The van der Waals surface area contributed by atoms with Gasteiger partial charge in [-0.3, -0.25) is 14.5 Å². The third kappa shape index (κ3) is 4.80. The zero-order chi connectivity index (χ0) is 28.7.